The number of benzene rings is 3. The predicted octanol–water partition coefficient (Wildman–Crippen LogP) is 8.11. The SMILES string of the molecule is CC(=O)c1c(Cl)c(Cl)c(Cl)c(Cl)c1C(C)=Nc1cccc2cccc(C)c12. The summed E-state index contributed by atoms with van der Waals surface area (Å²) in [6.07, 6.45) is 0. The molecule has 0 amide bonds. The molecule has 3 rings (SSSR count). The molecule has 0 radical (unpaired) electrons. The maximum absolute atomic E-state index is 12.2. The van der Waals surface area contributed by atoms with Crippen molar-refractivity contribution in [3.63, 3.8) is 0 Å². The molecule has 27 heavy (non-hydrogen) atoms. The number of hydrogen-bond donors (Lipinski definition) is 0. The van der Waals surface area contributed by atoms with Gasteiger partial charge in [-0.3, -0.25) is 9.79 Å². The van der Waals surface area contributed by atoms with Crippen LogP contribution >= 0.6 is 46.4 Å². The van der Waals surface area contributed by atoms with Gasteiger partial charge in [-0.2, -0.15) is 0 Å². The molecule has 6 heteroatoms. The summed E-state index contributed by atoms with van der Waals surface area (Å²) in [5.74, 6) is -0.265. The number of rotatable bonds is 3. The first-order valence-electron chi connectivity index (χ1n) is 8.15. The lowest BCUT2D eigenvalue weighted by atomic mass is 9.99. The Kier molecular flexibility index (Phi) is 5.83. The number of Topliss-reactive ketones (excluding diaryl/α,β-unsaturated/α-hetero) is 1. The van der Waals surface area contributed by atoms with Gasteiger partial charge in [0.2, 0.25) is 0 Å². The van der Waals surface area contributed by atoms with Gasteiger partial charge in [0.25, 0.3) is 0 Å². The topological polar surface area (TPSA) is 29.4 Å². The highest BCUT2D eigenvalue weighted by Crippen LogP contribution is 2.42. The molecule has 0 N–H and O–H groups in total. The standard InChI is InChI=1S/C21H15Cl4NO/c1-10-6-4-7-13-8-5-9-14(15(10)13)26-11(2)16-17(12(3)27)19(23)21(25)20(24)18(16)22/h4-9H,1-3H3. The number of ketones is 1. The molecule has 0 bridgehead atoms. The van der Waals surface area contributed by atoms with Crippen LogP contribution in [0.3, 0.4) is 0 Å². The molecule has 0 aliphatic carbocycles. The third kappa shape index (κ3) is 3.60. The van der Waals surface area contributed by atoms with E-state index >= 15 is 0 Å². The van der Waals surface area contributed by atoms with E-state index in [1.54, 1.807) is 6.92 Å². The zero-order valence-corrected chi connectivity index (χ0v) is 17.9. The van der Waals surface area contributed by atoms with Crippen molar-refractivity contribution in [2.75, 3.05) is 0 Å². The van der Waals surface area contributed by atoms with Crippen LogP contribution in [-0.4, -0.2) is 11.5 Å². The molecule has 0 atom stereocenters. The largest absolute Gasteiger partial charge is 0.294 e. The molecule has 0 aliphatic rings. The third-order valence-electron chi connectivity index (χ3n) is 4.36. The predicted molar refractivity (Wildman–Crippen MR) is 117 cm³/mol. The molecule has 0 aliphatic heterocycles. The van der Waals surface area contributed by atoms with Crippen molar-refractivity contribution in [1.29, 1.82) is 0 Å². The second-order valence-electron chi connectivity index (χ2n) is 6.21. The number of carbonyl (C=O) groups excluding carboxylic acids is 1. The van der Waals surface area contributed by atoms with E-state index in [9.17, 15) is 4.79 Å². The van der Waals surface area contributed by atoms with E-state index in [4.69, 9.17) is 51.4 Å². The Morgan fingerprint density at radius 3 is 1.96 bits per heavy atom. The molecule has 3 aromatic rings. The van der Waals surface area contributed by atoms with Crippen molar-refractivity contribution < 1.29 is 4.79 Å². The number of hydrogen-bond acceptors (Lipinski definition) is 2. The van der Waals surface area contributed by atoms with Crippen molar-refractivity contribution in [1.82, 2.24) is 0 Å². The van der Waals surface area contributed by atoms with Crippen LogP contribution in [0.4, 0.5) is 5.69 Å². The molecule has 0 unspecified atom stereocenters. The second-order valence-corrected chi connectivity index (χ2v) is 7.72. The molecule has 0 aromatic heterocycles. The van der Waals surface area contributed by atoms with E-state index in [1.165, 1.54) is 6.92 Å². The molecule has 0 spiro atoms. The van der Waals surface area contributed by atoms with Crippen molar-refractivity contribution in [3.8, 4) is 0 Å². The van der Waals surface area contributed by atoms with Gasteiger partial charge >= 0.3 is 0 Å². The second kappa shape index (κ2) is 7.81. The molecule has 0 fully saturated rings. The quantitative estimate of drug-likeness (QED) is 0.176. The summed E-state index contributed by atoms with van der Waals surface area (Å²) in [7, 11) is 0. The van der Waals surface area contributed by atoms with E-state index in [2.05, 4.69) is 0 Å². The van der Waals surface area contributed by atoms with Gasteiger partial charge < -0.3 is 0 Å². The minimum Gasteiger partial charge on any atom is -0.294 e. The average Bonchev–Trinajstić information content (AvgIpc) is 2.62. The Labute approximate surface area is 177 Å². The molecule has 138 valence electrons. The fourth-order valence-electron chi connectivity index (χ4n) is 3.14. The molecule has 0 heterocycles. The number of halogens is 4. The van der Waals surface area contributed by atoms with Crippen molar-refractivity contribution in [2.45, 2.75) is 20.8 Å². The first-order chi connectivity index (χ1) is 12.7. The van der Waals surface area contributed by atoms with Crippen LogP contribution in [0.1, 0.15) is 35.3 Å². The van der Waals surface area contributed by atoms with Crippen molar-refractivity contribution in [2.24, 2.45) is 4.99 Å². The normalized spacial score (nSPS) is 11.9. The fraction of sp³-hybridized carbons (Fsp3) is 0.143. The highest BCUT2D eigenvalue weighted by molar-refractivity contribution is 6.54. The average molecular weight is 439 g/mol. The summed E-state index contributed by atoms with van der Waals surface area (Å²) in [6.45, 7) is 5.20. The maximum Gasteiger partial charge on any atom is 0.162 e. The minimum absolute atomic E-state index is 0.0612. The van der Waals surface area contributed by atoms with E-state index in [0.29, 0.717) is 11.3 Å². The van der Waals surface area contributed by atoms with Crippen LogP contribution in [0, 0.1) is 6.92 Å². The Morgan fingerprint density at radius 2 is 1.37 bits per heavy atom. The Morgan fingerprint density at radius 1 is 0.815 bits per heavy atom. The first kappa shape index (κ1) is 20.2. The monoisotopic (exact) mass is 437 g/mol. The van der Waals surface area contributed by atoms with Crippen molar-refractivity contribution >= 4 is 74.4 Å². The number of fused-ring (bicyclic) bond motifs is 1. The molecule has 3 aromatic carbocycles. The molecular weight excluding hydrogens is 424 g/mol. The fourth-order valence-corrected chi connectivity index (χ4v) is 4.26. The number of carbonyl (C=O) groups is 1. The van der Waals surface area contributed by atoms with E-state index < -0.39 is 0 Å². The highest BCUT2D eigenvalue weighted by Gasteiger charge is 2.24. The molecule has 0 saturated carbocycles. The maximum atomic E-state index is 12.2. The lowest BCUT2D eigenvalue weighted by Crippen LogP contribution is -2.08. The van der Waals surface area contributed by atoms with Gasteiger partial charge in [-0.05, 0) is 37.8 Å². The molecule has 0 saturated heterocycles. The van der Waals surface area contributed by atoms with Gasteiger partial charge in [-0.25, -0.2) is 0 Å². The summed E-state index contributed by atoms with van der Waals surface area (Å²) in [5.41, 5.74) is 3.02. The number of aryl methyl sites for hydroxylation is 1. The Hall–Kier alpha value is -1.58. The van der Waals surface area contributed by atoms with E-state index in [-0.39, 0.29) is 31.4 Å². The lowest BCUT2D eigenvalue weighted by Gasteiger charge is -2.15. The first-order valence-corrected chi connectivity index (χ1v) is 9.66. The van der Waals surface area contributed by atoms with Gasteiger partial charge in [0.05, 0.1) is 25.8 Å². The minimum atomic E-state index is -0.265. The molecular formula is C21H15Cl4NO. The zero-order valence-electron chi connectivity index (χ0n) is 14.8. The van der Waals surface area contributed by atoms with Gasteiger partial charge in [0.1, 0.15) is 0 Å². The summed E-state index contributed by atoms with van der Waals surface area (Å²) in [5, 5.41) is 2.52. The summed E-state index contributed by atoms with van der Waals surface area (Å²) in [6, 6.07) is 11.9. The van der Waals surface area contributed by atoms with Crippen LogP contribution in [-0.2, 0) is 0 Å². The van der Waals surface area contributed by atoms with Crippen LogP contribution in [0.2, 0.25) is 20.1 Å². The van der Waals surface area contributed by atoms with Crippen LogP contribution in [0.25, 0.3) is 10.8 Å². The summed E-state index contributed by atoms with van der Waals surface area (Å²) >= 11 is 25.1. The highest BCUT2D eigenvalue weighted by atomic mass is 35.5. The number of nitrogens with zero attached hydrogens (tertiary/aromatic N) is 1. The number of aliphatic imine (C=N–C) groups is 1. The van der Waals surface area contributed by atoms with Gasteiger partial charge in [-0.15, -0.1) is 0 Å². The van der Waals surface area contributed by atoms with Gasteiger partial charge in [-0.1, -0.05) is 76.7 Å². The zero-order chi connectivity index (χ0) is 19.9. The summed E-state index contributed by atoms with van der Waals surface area (Å²) < 4.78 is 0. The summed E-state index contributed by atoms with van der Waals surface area (Å²) in [4.78, 5) is 17.0. The Balaban J connectivity index is 2.32. The van der Waals surface area contributed by atoms with Crippen LogP contribution < -0.4 is 0 Å². The Bertz CT molecular complexity index is 1110. The molecule has 2 nitrogen and oxygen atoms in total. The van der Waals surface area contributed by atoms with Gasteiger partial charge in [0, 0.05) is 22.2 Å². The smallest absolute Gasteiger partial charge is 0.162 e. The van der Waals surface area contributed by atoms with E-state index in [0.717, 1.165) is 22.0 Å². The van der Waals surface area contributed by atoms with Crippen LogP contribution in [0.15, 0.2) is 41.4 Å². The van der Waals surface area contributed by atoms with E-state index in [1.807, 2.05) is 43.3 Å². The van der Waals surface area contributed by atoms with Crippen molar-refractivity contribution in [3.05, 3.63) is 73.2 Å². The third-order valence-corrected chi connectivity index (χ3v) is 6.16. The lowest BCUT2D eigenvalue weighted by molar-refractivity contribution is 0.101. The van der Waals surface area contributed by atoms with Gasteiger partial charge in [0.15, 0.2) is 5.78 Å². The van der Waals surface area contributed by atoms with Crippen LogP contribution in [0.5, 0.6) is 0 Å².